The molecule has 154 valence electrons. The van der Waals surface area contributed by atoms with Gasteiger partial charge in [-0.2, -0.15) is 0 Å². The second-order valence-electron chi connectivity index (χ2n) is 7.76. The van der Waals surface area contributed by atoms with E-state index in [1.165, 1.54) is 0 Å². The molecule has 0 aliphatic carbocycles. The molecule has 2 aromatic carbocycles. The first-order chi connectivity index (χ1) is 14.4. The number of hydrogen-bond acceptors (Lipinski definition) is 6. The van der Waals surface area contributed by atoms with E-state index in [2.05, 4.69) is 4.98 Å². The average Bonchev–Trinajstić information content (AvgIpc) is 2.66. The van der Waals surface area contributed by atoms with E-state index in [9.17, 15) is 19.8 Å². The molecule has 4 N–H and O–H groups in total. The molecule has 0 radical (unpaired) electrons. The van der Waals surface area contributed by atoms with Crippen LogP contribution in [0.3, 0.4) is 0 Å². The molecule has 0 aliphatic rings. The lowest BCUT2D eigenvalue weighted by Crippen LogP contribution is -2.55. The number of carbonyl (C=O) groups is 2. The number of fused-ring (bicyclic) bond motifs is 1. The van der Waals surface area contributed by atoms with Crippen molar-refractivity contribution in [2.45, 2.75) is 12.5 Å². The van der Waals surface area contributed by atoms with E-state index in [1.807, 2.05) is 41.0 Å². The third-order valence-corrected chi connectivity index (χ3v) is 4.95. The van der Waals surface area contributed by atoms with Gasteiger partial charge in [-0.1, -0.05) is 17.6 Å². The normalized spacial score (nSPS) is 12.8. The van der Waals surface area contributed by atoms with Crippen molar-refractivity contribution in [1.82, 2.24) is 10.3 Å². The number of nitrogens with zero attached hydrogens (tertiary/aromatic N) is 1. The molecule has 8 nitrogen and oxygen atoms in total. The summed E-state index contributed by atoms with van der Waals surface area (Å²) in [7, 11) is 6.86. The highest BCUT2D eigenvalue weighted by Gasteiger charge is 2.33. The largest absolute Gasteiger partial charge is 0.505 e. The fourth-order valence-electron chi connectivity index (χ4n) is 3.44. The second kappa shape index (κ2) is 8.03. The predicted molar refractivity (Wildman–Crippen MR) is 128 cm³/mol. The van der Waals surface area contributed by atoms with E-state index in [4.69, 9.17) is 9.84 Å². The Morgan fingerprint density at radius 2 is 1.71 bits per heavy atom. The van der Waals surface area contributed by atoms with Crippen molar-refractivity contribution >= 4 is 70.4 Å². The molecule has 1 unspecified atom stereocenters. The summed E-state index contributed by atoms with van der Waals surface area (Å²) in [6.07, 6.45) is 0. The second-order valence-corrected chi connectivity index (χ2v) is 7.76. The fraction of sp³-hybridized carbons (Fsp3) is 0.105. The third kappa shape index (κ3) is 4.39. The van der Waals surface area contributed by atoms with Gasteiger partial charge in [0.05, 0.1) is 0 Å². The van der Waals surface area contributed by atoms with Gasteiger partial charge in [-0.15, -0.1) is 0 Å². The molecular weight excluding hydrogens is 395 g/mol. The molecule has 0 fully saturated rings. The molecule has 0 bridgehead atoms. The van der Waals surface area contributed by atoms with E-state index < -0.39 is 23.3 Å². The number of aromatic hydroxyl groups is 1. The summed E-state index contributed by atoms with van der Waals surface area (Å²) in [5, 5.41) is 32.2. The number of nitrogens with one attached hydrogen (secondary N) is 1. The van der Waals surface area contributed by atoms with Crippen molar-refractivity contribution in [3.8, 4) is 17.2 Å². The van der Waals surface area contributed by atoms with Gasteiger partial charge >= 0.3 is 5.97 Å². The quantitative estimate of drug-likeness (QED) is 0.246. The van der Waals surface area contributed by atoms with Crippen LogP contribution in [0, 0.1) is 6.92 Å². The first-order valence-electron chi connectivity index (χ1n) is 9.58. The topological polar surface area (TPSA) is 129 Å². The molecule has 1 aromatic heterocycles. The lowest BCUT2D eigenvalue weighted by atomic mass is 9.79. The number of rotatable bonds is 5. The number of aromatic nitrogens is 1. The summed E-state index contributed by atoms with van der Waals surface area (Å²) >= 11 is 0. The van der Waals surface area contributed by atoms with Crippen molar-refractivity contribution in [3.05, 3.63) is 41.7 Å². The maximum absolute atomic E-state index is 12.4. The number of ether oxygens (including phenoxy) is 1. The zero-order valence-electron chi connectivity index (χ0n) is 17.9. The standard InChI is InChI=1S/C19H20B4N2O6/c1-7-11-6-9(31-16-12(21)4-8(20)5-13(16)22)2-3-10(11)15(26)14(24-7)17(27)25-19(23,30)18(28)29/h2-6,26,30H,20-23H2,1H3,(H,25,27)(H,28,29). The number of aliphatic carboxylic acids is 1. The van der Waals surface area contributed by atoms with Gasteiger partial charge in [0.2, 0.25) is 0 Å². The van der Waals surface area contributed by atoms with Gasteiger partial charge in [-0.05, 0) is 36.0 Å². The third-order valence-electron chi connectivity index (χ3n) is 4.95. The Morgan fingerprint density at radius 3 is 2.29 bits per heavy atom. The molecule has 1 amide bonds. The van der Waals surface area contributed by atoms with Crippen LogP contribution in [0.5, 0.6) is 17.2 Å². The summed E-state index contributed by atoms with van der Waals surface area (Å²) in [6.45, 7) is 1.65. The maximum atomic E-state index is 12.4. The van der Waals surface area contributed by atoms with E-state index in [1.54, 1.807) is 25.1 Å². The Hall–Kier alpha value is -3.39. The minimum absolute atomic E-state index is 0.345. The fourth-order valence-corrected chi connectivity index (χ4v) is 3.44. The molecule has 12 heteroatoms. The molecule has 3 rings (SSSR count). The monoisotopic (exact) mass is 416 g/mol. The van der Waals surface area contributed by atoms with Crippen LogP contribution in [0.4, 0.5) is 0 Å². The molecule has 31 heavy (non-hydrogen) atoms. The van der Waals surface area contributed by atoms with E-state index >= 15 is 0 Å². The van der Waals surface area contributed by atoms with Gasteiger partial charge in [0, 0.05) is 16.5 Å². The Morgan fingerprint density at radius 1 is 1.10 bits per heavy atom. The molecule has 3 aromatic rings. The lowest BCUT2D eigenvalue weighted by Gasteiger charge is -2.20. The molecule has 0 aliphatic heterocycles. The summed E-state index contributed by atoms with van der Waals surface area (Å²) in [4.78, 5) is 27.6. The highest BCUT2D eigenvalue weighted by atomic mass is 16.5. The number of amides is 1. The van der Waals surface area contributed by atoms with Crippen molar-refractivity contribution in [1.29, 1.82) is 0 Å². The van der Waals surface area contributed by atoms with Crippen LogP contribution < -0.4 is 26.4 Å². The molecule has 0 saturated carbocycles. The Balaban J connectivity index is 2.01. The van der Waals surface area contributed by atoms with Crippen LogP contribution in [0.2, 0.25) is 0 Å². The van der Waals surface area contributed by atoms with Crippen LogP contribution in [-0.4, -0.2) is 69.2 Å². The van der Waals surface area contributed by atoms with Crippen molar-refractivity contribution < 1.29 is 29.6 Å². The van der Waals surface area contributed by atoms with Crippen molar-refractivity contribution in [2.24, 2.45) is 0 Å². The highest BCUT2D eigenvalue weighted by Crippen LogP contribution is 2.33. The Bertz CT molecular complexity index is 1210. The van der Waals surface area contributed by atoms with Crippen LogP contribution in [0.1, 0.15) is 16.2 Å². The van der Waals surface area contributed by atoms with Gasteiger partial charge in [0.25, 0.3) is 5.91 Å². The van der Waals surface area contributed by atoms with Gasteiger partial charge in [0.1, 0.15) is 35.0 Å². The number of pyridine rings is 1. The number of carboxylic acids is 1. The minimum Gasteiger partial charge on any atom is -0.505 e. The van der Waals surface area contributed by atoms with Crippen LogP contribution in [0.25, 0.3) is 10.8 Å². The maximum Gasteiger partial charge on any atom is 0.346 e. The van der Waals surface area contributed by atoms with Crippen molar-refractivity contribution in [2.75, 3.05) is 0 Å². The van der Waals surface area contributed by atoms with Crippen molar-refractivity contribution in [3.63, 3.8) is 0 Å². The summed E-state index contributed by atoms with van der Waals surface area (Å²) < 4.78 is 6.08. The van der Waals surface area contributed by atoms with Gasteiger partial charge in [-0.25, -0.2) is 9.78 Å². The van der Waals surface area contributed by atoms with Crippen LogP contribution >= 0.6 is 0 Å². The Labute approximate surface area is 182 Å². The summed E-state index contributed by atoms with van der Waals surface area (Å²) in [5.74, 6) is -1.79. The smallest absolute Gasteiger partial charge is 0.346 e. The number of aryl methyl sites for hydroxylation is 1. The van der Waals surface area contributed by atoms with E-state index in [0.717, 1.165) is 30.0 Å². The van der Waals surface area contributed by atoms with E-state index in [-0.39, 0.29) is 5.69 Å². The Kier molecular flexibility index (Phi) is 5.78. The van der Waals surface area contributed by atoms with E-state index in [0.29, 0.717) is 22.2 Å². The van der Waals surface area contributed by atoms with Crippen LogP contribution in [-0.2, 0) is 4.79 Å². The van der Waals surface area contributed by atoms with Gasteiger partial charge in [0.15, 0.2) is 24.9 Å². The molecule has 1 heterocycles. The highest BCUT2D eigenvalue weighted by molar-refractivity contribution is 6.45. The van der Waals surface area contributed by atoms with Crippen LogP contribution in [0.15, 0.2) is 30.3 Å². The number of carboxylic acid groups (broad SMARTS) is 1. The zero-order chi connectivity index (χ0) is 23.1. The first kappa shape index (κ1) is 22.3. The summed E-state index contributed by atoms with van der Waals surface area (Å²) in [5.41, 5.74) is 0.662. The summed E-state index contributed by atoms with van der Waals surface area (Å²) in [6, 6.07) is 9.03. The average molecular weight is 416 g/mol. The minimum atomic E-state index is -2.50. The molecule has 1 atom stereocenters. The number of carbonyl (C=O) groups excluding carboxylic acids is 1. The van der Waals surface area contributed by atoms with Gasteiger partial charge < -0.3 is 25.4 Å². The van der Waals surface area contributed by atoms with Gasteiger partial charge in [-0.3, -0.25) is 4.79 Å². The molecular formula is C19H20B4N2O6. The number of aliphatic hydroxyl groups is 1. The first-order valence-corrected chi connectivity index (χ1v) is 9.58. The molecule has 0 spiro atoms. The number of hydrogen-bond donors (Lipinski definition) is 4. The molecule has 0 saturated heterocycles. The predicted octanol–water partition coefficient (Wildman–Crippen LogP) is -4.09. The number of benzene rings is 2. The SMILES string of the molecule is Bc1cc(B)c(Oc2ccc3c(O)c(C(=O)NC(B)(O)C(=O)O)nc(C)c3c2)c(B)c1. The lowest BCUT2D eigenvalue weighted by molar-refractivity contribution is -0.151. The zero-order valence-corrected chi connectivity index (χ0v) is 17.9.